The van der Waals surface area contributed by atoms with Crippen molar-refractivity contribution in [1.29, 1.82) is 0 Å². The van der Waals surface area contributed by atoms with Crippen LogP contribution in [0.2, 0.25) is 0 Å². The van der Waals surface area contributed by atoms with Crippen molar-refractivity contribution in [3.05, 3.63) is 70.8 Å². The molecule has 2 saturated carbocycles. The van der Waals surface area contributed by atoms with Crippen molar-refractivity contribution >= 4 is 0 Å². The van der Waals surface area contributed by atoms with Crippen LogP contribution in [-0.4, -0.2) is 25.6 Å². The molecule has 7 heteroatoms. The number of hydrogen-bond acceptors (Lipinski definition) is 1. The molecule has 48 heavy (non-hydrogen) atoms. The minimum atomic E-state index is -4.07. The Labute approximate surface area is 286 Å². The lowest BCUT2D eigenvalue weighted by atomic mass is 9.77. The summed E-state index contributed by atoms with van der Waals surface area (Å²) >= 11 is 0. The zero-order chi connectivity index (χ0) is 34.8. The molecule has 0 spiro atoms. The molecule has 0 bridgehead atoms. The second kappa shape index (κ2) is 21.3. The van der Waals surface area contributed by atoms with Gasteiger partial charge < -0.3 is 4.74 Å². The smallest absolute Gasteiger partial charge is 0.381 e. The van der Waals surface area contributed by atoms with Gasteiger partial charge >= 0.3 is 12.4 Å². The first-order valence-corrected chi connectivity index (χ1v) is 18.8. The summed E-state index contributed by atoms with van der Waals surface area (Å²) in [6.45, 7) is 2.27. The van der Waals surface area contributed by atoms with Crippen molar-refractivity contribution in [2.24, 2.45) is 5.92 Å². The van der Waals surface area contributed by atoms with Gasteiger partial charge in [0.05, 0.1) is 6.10 Å². The van der Waals surface area contributed by atoms with E-state index >= 15 is 0 Å². The molecule has 2 aromatic carbocycles. The first-order valence-electron chi connectivity index (χ1n) is 18.8. The van der Waals surface area contributed by atoms with Crippen molar-refractivity contribution in [1.82, 2.24) is 0 Å². The highest BCUT2D eigenvalue weighted by Gasteiger charge is 2.28. The van der Waals surface area contributed by atoms with E-state index in [9.17, 15) is 26.3 Å². The Bertz CT molecular complexity index is 1090. The van der Waals surface area contributed by atoms with Gasteiger partial charge in [-0.3, -0.25) is 0 Å². The van der Waals surface area contributed by atoms with Crippen LogP contribution in [-0.2, 0) is 17.6 Å². The predicted octanol–water partition coefficient (Wildman–Crippen LogP) is 13.8. The summed E-state index contributed by atoms with van der Waals surface area (Å²) < 4.78 is 78.9. The van der Waals surface area contributed by atoms with E-state index in [1.54, 1.807) is 7.11 Å². The van der Waals surface area contributed by atoms with Gasteiger partial charge in [0.1, 0.15) is 0 Å². The Morgan fingerprint density at radius 1 is 0.542 bits per heavy atom. The molecular formula is C41H60F6O. The number of hydrogen-bond donors (Lipinski definition) is 0. The first-order chi connectivity index (χ1) is 23.0. The van der Waals surface area contributed by atoms with Gasteiger partial charge in [-0.25, -0.2) is 0 Å². The number of methoxy groups -OCH3 is 1. The van der Waals surface area contributed by atoms with Crippen molar-refractivity contribution < 1.29 is 31.1 Å². The van der Waals surface area contributed by atoms with Crippen LogP contribution < -0.4 is 0 Å². The second-order valence-electron chi connectivity index (χ2n) is 14.4. The van der Waals surface area contributed by atoms with Gasteiger partial charge in [0.25, 0.3) is 0 Å². The topological polar surface area (TPSA) is 9.23 Å². The average molecular weight is 683 g/mol. The highest BCUT2D eigenvalue weighted by molar-refractivity contribution is 5.27. The third-order valence-electron chi connectivity index (χ3n) is 10.6. The summed E-state index contributed by atoms with van der Waals surface area (Å²) in [7, 11) is 1.75. The molecule has 4 rings (SSSR count). The molecule has 2 fully saturated rings. The summed E-state index contributed by atoms with van der Waals surface area (Å²) in [6, 6.07) is 15.6. The molecule has 0 aromatic heterocycles. The minimum absolute atomic E-state index is 0.0696. The monoisotopic (exact) mass is 682 g/mol. The Hall–Kier alpha value is -2.02. The largest absolute Gasteiger partial charge is 0.389 e. The molecule has 0 aliphatic heterocycles. The van der Waals surface area contributed by atoms with Crippen LogP contribution in [0.25, 0.3) is 0 Å². The van der Waals surface area contributed by atoms with E-state index in [4.69, 9.17) is 4.74 Å². The number of aryl methyl sites for hydroxylation is 2. The number of rotatable bonds is 16. The summed E-state index contributed by atoms with van der Waals surface area (Å²) in [5, 5.41) is 0. The normalized spacial score (nSPS) is 21.8. The lowest BCUT2D eigenvalue weighted by Gasteiger charge is -2.29. The summed E-state index contributed by atoms with van der Waals surface area (Å²) in [4.78, 5) is 0. The Kier molecular flexibility index (Phi) is 17.9. The molecular weight excluding hydrogens is 622 g/mol. The van der Waals surface area contributed by atoms with Crippen molar-refractivity contribution in [3.63, 3.8) is 0 Å². The van der Waals surface area contributed by atoms with Crippen LogP contribution >= 0.6 is 0 Å². The zero-order valence-electron chi connectivity index (χ0n) is 29.5. The zero-order valence-corrected chi connectivity index (χ0v) is 29.5. The fourth-order valence-electron chi connectivity index (χ4n) is 7.47. The van der Waals surface area contributed by atoms with Crippen LogP contribution in [0, 0.1) is 5.92 Å². The van der Waals surface area contributed by atoms with Crippen LogP contribution in [0.3, 0.4) is 0 Å². The predicted molar refractivity (Wildman–Crippen MR) is 186 cm³/mol. The lowest BCUT2D eigenvalue weighted by molar-refractivity contribution is -0.134. The number of ether oxygens (including phenoxy) is 1. The van der Waals surface area contributed by atoms with E-state index in [1.165, 1.54) is 94.6 Å². The molecule has 0 atom stereocenters. The Morgan fingerprint density at radius 2 is 0.938 bits per heavy atom. The van der Waals surface area contributed by atoms with Gasteiger partial charge in [-0.1, -0.05) is 113 Å². The molecule has 2 aliphatic carbocycles. The molecule has 272 valence electrons. The van der Waals surface area contributed by atoms with Gasteiger partial charge in [0, 0.05) is 20.0 Å². The molecule has 0 amide bonds. The molecule has 0 saturated heterocycles. The van der Waals surface area contributed by atoms with Gasteiger partial charge in [0.15, 0.2) is 0 Å². The van der Waals surface area contributed by atoms with E-state index in [2.05, 4.69) is 19.1 Å². The standard InChI is InChI=1S/C25H39F3.C16H21F3O/c1-2-3-4-5-6-7-8-9-10-21-11-15-23(16-12-21)24-17-13-22(14-18-24)19-20-25(26,27)28;1-20-15-8-6-14(7-9-15)13-4-2-12(3-5-13)10-11-16(17,18)19/h13-14,17-18,21,23H,2-12,15-16,19-20H2,1H3;2-5,14-15H,6-11H2,1H3. The van der Waals surface area contributed by atoms with Crippen LogP contribution in [0.5, 0.6) is 0 Å². The number of halogens is 6. The number of alkyl halides is 6. The second-order valence-corrected chi connectivity index (χ2v) is 14.4. The molecule has 1 nitrogen and oxygen atoms in total. The van der Waals surface area contributed by atoms with Crippen molar-refractivity contribution in [2.75, 3.05) is 7.11 Å². The molecule has 0 radical (unpaired) electrons. The maximum absolute atomic E-state index is 12.3. The molecule has 2 aliphatic rings. The molecule has 0 unspecified atom stereocenters. The molecule has 0 heterocycles. The van der Waals surface area contributed by atoms with Crippen molar-refractivity contribution in [3.8, 4) is 0 Å². The van der Waals surface area contributed by atoms with Gasteiger partial charge in [-0.05, 0) is 104 Å². The lowest BCUT2D eigenvalue weighted by Crippen LogP contribution is -2.19. The third kappa shape index (κ3) is 16.6. The molecule has 0 N–H and O–H groups in total. The summed E-state index contributed by atoms with van der Waals surface area (Å²) in [6.07, 6.45) is 12.9. The Morgan fingerprint density at radius 3 is 1.33 bits per heavy atom. The van der Waals surface area contributed by atoms with Crippen LogP contribution in [0.4, 0.5) is 26.3 Å². The van der Waals surface area contributed by atoms with Crippen LogP contribution in [0.1, 0.15) is 163 Å². The number of unbranched alkanes of at least 4 members (excludes halogenated alkanes) is 7. The fraction of sp³-hybridized carbons (Fsp3) is 0.707. The highest BCUT2D eigenvalue weighted by atomic mass is 19.4. The summed E-state index contributed by atoms with van der Waals surface area (Å²) in [5.41, 5.74) is 4.12. The van der Waals surface area contributed by atoms with Crippen LogP contribution in [0.15, 0.2) is 48.5 Å². The fourth-order valence-corrected chi connectivity index (χ4v) is 7.47. The SMILES string of the molecule is CCCCCCCCCCC1CCC(c2ccc(CCC(F)(F)F)cc2)CC1.COC1CCC(c2ccc(CCC(F)(F)F)cc2)CC1. The minimum Gasteiger partial charge on any atom is -0.381 e. The highest BCUT2D eigenvalue weighted by Crippen LogP contribution is 2.38. The van der Waals surface area contributed by atoms with E-state index in [0.29, 0.717) is 17.9 Å². The van der Waals surface area contributed by atoms with E-state index in [0.717, 1.165) is 42.7 Å². The van der Waals surface area contributed by atoms with Gasteiger partial charge in [-0.15, -0.1) is 0 Å². The van der Waals surface area contributed by atoms with E-state index in [-0.39, 0.29) is 12.8 Å². The summed E-state index contributed by atoms with van der Waals surface area (Å²) in [5.74, 6) is 2.02. The van der Waals surface area contributed by atoms with E-state index < -0.39 is 25.2 Å². The average Bonchev–Trinajstić information content (AvgIpc) is 3.08. The van der Waals surface area contributed by atoms with Gasteiger partial charge in [-0.2, -0.15) is 26.3 Å². The maximum Gasteiger partial charge on any atom is 0.389 e. The van der Waals surface area contributed by atoms with E-state index in [1.807, 2.05) is 36.4 Å². The Balaban J connectivity index is 0.000000275. The first kappa shape index (κ1) is 40.4. The van der Waals surface area contributed by atoms with Gasteiger partial charge in [0.2, 0.25) is 0 Å². The number of benzene rings is 2. The third-order valence-corrected chi connectivity index (χ3v) is 10.6. The van der Waals surface area contributed by atoms with Crippen molar-refractivity contribution in [2.45, 2.75) is 172 Å². The maximum atomic E-state index is 12.3. The quantitative estimate of drug-likeness (QED) is 0.126. The molecule has 2 aromatic rings.